The van der Waals surface area contributed by atoms with Crippen molar-refractivity contribution < 1.29 is 10.2 Å². The molecule has 1 aliphatic rings. The van der Waals surface area contributed by atoms with Gasteiger partial charge in [-0.05, 0) is 43.4 Å². The topological polar surface area (TPSA) is 124 Å². The molecule has 0 amide bonds. The standard InChI is InChI=1S/C18H25N5O2/c19-17(21-10-8-13-4-2-1-3-5-13)23-18(20)22-11-9-14-6-7-15(24)16(25)12-14/h2,4-7,12,24-25H,1,3,8-11H2,(H5,19,20,21,22,23). The van der Waals surface area contributed by atoms with Gasteiger partial charge in [0.1, 0.15) is 0 Å². The zero-order valence-corrected chi connectivity index (χ0v) is 14.1. The molecular weight excluding hydrogens is 318 g/mol. The predicted molar refractivity (Wildman–Crippen MR) is 99.1 cm³/mol. The molecule has 0 radical (unpaired) electrons. The average Bonchev–Trinajstić information content (AvgIpc) is 2.59. The summed E-state index contributed by atoms with van der Waals surface area (Å²) in [4.78, 5) is 0. The van der Waals surface area contributed by atoms with Crippen molar-refractivity contribution in [1.82, 2.24) is 16.0 Å². The Hall–Kier alpha value is -2.96. The van der Waals surface area contributed by atoms with Gasteiger partial charge in [-0.1, -0.05) is 29.9 Å². The van der Waals surface area contributed by atoms with Gasteiger partial charge in [-0.3, -0.25) is 16.1 Å². The van der Waals surface area contributed by atoms with Gasteiger partial charge in [-0.25, -0.2) is 0 Å². The number of rotatable bonds is 6. The minimum atomic E-state index is -0.153. The lowest BCUT2D eigenvalue weighted by atomic mass is 10.0. The fourth-order valence-electron chi connectivity index (χ4n) is 2.45. The van der Waals surface area contributed by atoms with Crippen molar-refractivity contribution >= 4 is 11.9 Å². The van der Waals surface area contributed by atoms with Crippen LogP contribution in [0.25, 0.3) is 0 Å². The van der Waals surface area contributed by atoms with Crippen LogP contribution in [0.3, 0.4) is 0 Å². The third-order valence-corrected chi connectivity index (χ3v) is 3.79. The third-order valence-electron chi connectivity index (χ3n) is 3.79. The molecular formula is C18H25N5O2. The van der Waals surface area contributed by atoms with E-state index in [1.807, 2.05) is 0 Å². The zero-order valence-electron chi connectivity index (χ0n) is 14.1. The normalized spacial score (nSPS) is 13.0. The summed E-state index contributed by atoms with van der Waals surface area (Å²) in [6.45, 7) is 1.11. The molecule has 7 heteroatoms. The first kappa shape index (κ1) is 18.4. The maximum absolute atomic E-state index is 9.43. The first-order chi connectivity index (χ1) is 12.0. The fraction of sp³-hybridized carbons (Fsp3) is 0.333. The number of hydrogen-bond acceptors (Lipinski definition) is 4. The summed E-state index contributed by atoms with van der Waals surface area (Å²) in [5, 5.41) is 42.7. The predicted octanol–water partition coefficient (Wildman–Crippen LogP) is 1.95. The molecule has 0 saturated carbocycles. The molecule has 0 bridgehead atoms. The molecule has 0 aromatic heterocycles. The van der Waals surface area contributed by atoms with E-state index in [1.54, 1.807) is 6.07 Å². The third kappa shape index (κ3) is 6.58. The Bertz CT molecular complexity index is 682. The second kappa shape index (κ2) is 9.36. The Kier molecular flexibility index (Phi) is 6.88. The molecule has 2 rings (SSSR count). The van der Waals surface area contributed by atoms with Crippen molar-refractivity contribution in [2.24, 2.45) is 0 Å². The van der Waals surface area contributed by atoms with Gasteiger partial charge < -0.3 is 20.8 Å². The number of allylic oxidation sites excluding steroid dienone is 3. The average molecular weight is 343 g/mol. The Labute approximate surface area is 147 Å². The van der Waals surface area contributed by atoms with Crippen molar-refractivity contribution in [2.45, 2.75) is 25.7 Å². The van der Waals surface area contributed by atoms with Crippen LogP contribution in [-0.2, 0) is 6.42 Å². The summed E-state index contributed by atoms with van der Waals surface area (Å²) in [5.41, 5.74) is 2.12. The molecule has 7 nitrogen and oxygen atoms in total. The Morgan fingerprint density at radius 2 is 1.68 bits per heavy atom. The summed E-state index contributed by atoms with van der Waals surface area (Å²) in [7, 11) is 0. The number of benzene rings is 1. The largest absolute Gasteiger partial charge is 0.504 e. The SMILES string of the molecule is N=C(NCCC1=CCCC=C1)NC(=N)NCCc1ccc(O)c(O)c1. The summed E-state index contributed by atoms with van der Waals surface area (Å²) in [6, 6.07) is 4.64. The van der Waals surface area contributed by atoms with Crippen molar-refractivity contribution in [3.05, 3.63) is 47.6 Å². The molecule has 1 aliphatic carbocycles. The van der Waals surface area contributed by atoms with E-state index in [4.69, 9.17) is 10.8 Å². The Balaban J connectivity index is 1.60. The van der Waals surface area contributed by atoms with Crippen LogP contribution in [0.15, 0.2) is 42.0 Å². The van der Waals surface area contributed by atoms with E-state index in [2.05, 4.69) is 34.2 Å². The lowest BCUT2D eigenvalue weighted by Gasteiger charge is -2.13. The minimum absolute atomic E-state index is 0.0391. The number of hydrogen-bond donors (Lipinski definition) is 7. The Morgan fingerprint density at radius 3 is 2.32 bits per heavy atom. The molecule has 0 spiro atoms. The van der Waals surface area contributed by atoms with E-state index in [0.717, 1.165) is 24.8 Å². The van der Waals surface area contributed by atoms with Gasteiger partial charge in [-0.2, -0.15) is 0 Å². The van der Waals surface area contributed by atoms with E-state index in [1.165, 1.54) is 17.7 Å². The van der Waals surface area contributed by atoms with Crippen molar-refractivity contribution in [2.75, 3.05) is 13.1 Å². The van der Waals surface area contributed by atoms with Gasteiger partial charge in [0, 0.05) is 13.1 Å². The van der Waals surface area contributed by atoms with Crippen LogP contribution in [0.4, 0.5) is 0 Å². The molecule has 134 valence electrons. The van der Waals surface area contributed by atoms with Crippen LogP contribution in [0.2, 0.25) is 0 Å². The molecule has 1 aromatic rings. The maximum Gasteiger partial charge on any atom is 0.195 e. The zero-order chi connectivity index (χ0) is 18.1. The molecule has 25 heavy (non-hydrogen) atoms. The summed E-state index contributed by atoms with van der Waals surface area (Å²) in [6.07, 6.45) is 10.1. The van der Waals surface area contributed by atoms with Crippen LogP contribution in [0.5, 0.6) is 11.5 Å². The van der Waals surface area contributed by atoms with E-state index in [0.29, 0.717) is 19.5 Å². The molecule has 7 N–H and O–H groups in total. The number of phenols is 2. The van der Waals surface area contributed by atoms with Crippen LogP contribution >= 0.6 is 0 Å². The number of nitrogens with one attached hydrogen (secondary N) is 5. The molecule has 0 fully saturated rings. The van der Waals surface area contributed by atoms with E-state index in [-0.39, 0.29) is 23.4 Å². The van der Waals surface area contributed by atoms with Crippen LogP contribution < -0.4 is 16.0 Å². The van der Waals surface area contributed by atoms with Crippen molar-refractivity contribution in [1.29, 1.82) is 10.8 Å². The van der Waals surface area contributed by atoms with Crippen molar-refractivity contribution in [3.63, 3.8) is 0 Å². The highest BCUT2D eigenvalue weighted by Gasteiger charge is 2.03. The highest BCUT2D eigenvalue weighted by Crippen LogP contribution is 2.24. The Morgan fingerprint density at radius 1 is 0.960 bits per heavy atom. The van der Waals surface area contributed by atoms with Gasteiger partial charge in [0.05, 0.1) is 0 Å². The quantitative estimate of drug-likeness (QED) is 0.242. The smallest absolute Gasteiger partial charge is 0.195 e. The highest BCUT2D eigenvalue weighted by atomic mass is 16.3. The van der Waals surface area contributed by atoms with E-state index in [9.17, 15) is 10.2 Å². The molecule has 0 heterocycles. The van der Waals surface area contributed by atoms with Crippen LogP contribution in [0, 0.1) is 10.8 Å². The highest BCUT2D eigenvalue weighted by molar-refractivity contribution is 5.95. The summed E-state index contributed by atoms with van der Waals surface area (Å²) in [5.74, 6) is -0.179. The lowest BCUT2D eigenvalue weighted by molar-refractivity contribution is 0.403. The maximum atomic E-state index is 9.43. The van der Waals surface area contributed by atoms with Gasteiger partial charge in [-0.15, -0.1) is 0 Å². The monoisotopic (exact) mass is 343 g/mol. The van der Waals surface area contributed by atoms with Gasteiger partial charge >= 0.3 is 0 Å². The summed E-state index contributed by atoms with van der Waals surface area (Å²) >= 11 is 0. The van der Waals surface area contributed by atoms with Crippen LogP contribution in [0.1, 0.15) is 24.8 Å². The van der Waals surface area contributed by atoms with Crippen LogP contribution in [-0.4, -0.2) is 35.2 Å². The fourth-order valence-corrected chi connectivity index (χ4v) is 2.45. The molecule has 0 unspecified atom stereocenters. The minimum Gasteiger partial charge on any atom is -0.504 e. The molecule has 0 saturated heterocycles. The lowest BCUT2D eigenvalue weighted by Crippen LogP contribution is -2.46. The number of guanidine groups is 2. The molecule has 0 atom stereocenters. The van der Waals surface area contributed by atoms with E-state index < -0.39 is 0 Å². The second-order valence-corrected chi connectivity index (χ2v) is 5.81. The first-order valence-electron chi connectivity index (χ1n) is 8.33. The van der Waals surface area contributed by atoms with Gasteiger partial charge in [0.2, 0.25) is 0 Å². The number of phenolic OH excluding ortho intramolecular Hbond substituents is 2. The second-order valence-electron chi connectivity index (χ2n) is 5.81. The van der Waals surface area contributed by atoms with Gasteiger partial charge in [0.15, 0.2) is 23.4 Å². The molecule has 0 aliphatic heterocycles. The van der Waals surface area contributed by atoms with Gasteiger partial charge in [0.25, 0.3) is 0 Å². The number of aromatic hydroxyl groups is 2. The summed E-state index contributed by atoms with van der Waals surface area (Å²) < 4.78 is 0. The molecule has 1 aromatic carbocycles. The van der Waals surface area contributed by atoms with E-state index >= 15 is 0 Å². The van der Waals surface area contributed by atoms with Crippen molar-refractivity contribution in [3.8, 4) is 11.5 Å². The first-order valence-corrected chi connectivity index (χ1v) is 8.33.